The van der Waals surface area contributed by atoms with Gasteiger partial charge < -0.3 is 15.5 Å². The molecule has 1 unspecified atom stereocenters. The molecule has 4 nitrogen and oxygen atoms in total. The average Bonchev–Trinajstić information content (AvgIpc) is 3.09. The Morgan fingerprint density at radius 1 is 1.33 bits per heavy atom. The Labute approximate surface area is 126 Å². The lowest BCUT2D eigenvalue weighted by molar-refractivity contribution is -0.118. The number of carbonyl (C=O) groups excluding carboxylic acids is 1. The molecule has 2 N–H and O–H groups in total. The van der Waals surface area contributed by atoms with Crippen molar-refractivity contribution in [3.8, 4) is 0 Å². The molecule has 1 amide bonds. The van der Waals surface area contributed by atoms with Gasteiger partial charge in [0.1, 0.15) is 0 Å². The minimum Gasteiger partial charge on any atom is -0.330 e. The molecule has 0 saturated carbocycles. The number of hydrogen-bond donors (Lipinski definition) is 1. The lowest BCUT2D eigenvalue weighted by Crippen LogP contribution is -2.35. The minimum atomic E-state index is 0.239. The Morgan fingerprint density at radius 3 is 2.90 bits per heavy atom. The van der Waals surface area contributed by atoms with Gasteiger partial charge in [-0.2, -0.15) is 0 Å². The van der Waals surface area contributed by atoms with Crippen LogP contribution < -0.4 is 10.6 Å². The quantitative estimate of drug-likeness (QED) is 0.916. The Hall–Kier alpha value is -1.39. The van der Waals surface area contributed by atoms with Crippen molar-refractivity contribution in [2.45, 2.75) is 26.2 Å². The lowest BCUT2D eigenvalue weighted by atomic mass is 9.90. The number of para-hydroxylation sites is 1. The second-order valence-electron chi connectivity index (χ2n) is 6.72. The summed E-state index contributed by atoms with van der Waals surface area (Å²) in [5.74, 6) is 0.251. The van der Waals surface area contributed by atoms with Crippen molar-refractivity contribution in [2.75, 3.05) is 37.6 Å². The van der Waals surface area contributed by atoms with Crippen LogP contribution in [0.5, 0.6) is 0 Å². The molecule has 4 heteroatoms. The summed E-state index contributed by atoms with van der Waals surface area (Å²) in [5, 5.41) is 0. The first kappa shape index (κ1) is 14.5. The van der Waals surface area contributed by atoms with E-state index in [0.717, 1.165) is 51.3 Å². The first-order valence-electron chi connectivity index (χ1n) is 7.92. The molecule has 0 spiro atoms. The van der Waals surface area contributed by atoms with E-state index >= 15 is 0 Å². The van der Waals surface area contributed by atoms with Gasteiger partial charge in [0.15, 0.2) is 0 Å². The van der Waals surface area contributed by atoms with E-state index in [2.05, 4.69) is 24.0 Å². The summed E-state index contributed by atoms with van der Waals surface area (Å²) in [6, 6.07) is 8.24. The van der Waals surface area contributed by atoms with Gasteiger partial charge in [-0.05, 0) is 43.0 Å². The molecule has 0 aromatic heterocycles. The van der Waals surface area contributed by atoms with E-state index in [9.17, 15) is 4.79 Å². The van der Waals surface area contributed by atoms with Crippen molar-refractivity contribution in [3.05, 3.63) is 29.8 Å². The van der Waals surface area contributed by atoms with E-state index in [1.807, 2.05) is 17.0 Å². The van der Waals surface area contributed by atoms with Gasteiger partial charge in [0.2, 0.25) is 5.91 Å². The number of benzene rings is 1. The molecule has 2 aliphatic heterocycles. The van der Waals surface area contributed by atoms with Crippen LogP contribution in [-0.4, -0.2) is 43.5 Å². The fourth-order valence-corrected chi connectivity index (χ4v) is 3.47. The van der Waals surface area contributed by atoms with Gasteiger partial charge in [0.05, 0.1) is 0 Å². The smallest absolute Gasteiger partial charge is 0.228 e. The molecule has 3 rings (SSSR count). The van der Waals surface area contributed by atoms with Crippen LogP contribution in [0.3, 0.4) is 0 Å². The predicted molar refractivity (Wildman–Crippen MR) is 85.3 cm³/mol. The molecule has 2 aliphatic rings. The molecule has 114 valence electrons. The molecular weight excluding hydrogens is 262 g/mol. The van der Waals surface area contributed by atoms with Gasteiger partial charge in [0, 0.05) is 31.7 Å². The third kappa shape index (κ3) is 2.97. The van der Waals surface area contributed by atoms with Crippen LogP contribution >= 0.6 is 0 Å². The fourth-order valence-electron chi connectivity index (χ4n) is 3.47. The van der Waals surface area contributed by atoms with Crippen LogP contribution in [0, 0.1) is 5.41 Å². The van der Waals surface area contributed by atoms with E-state index < -0.39 is 0 Å². The van der Waals surface area contributed by atoms with E-state index in [4.69, 9.17) is 5.73 Å². The van der Waals surface area contributed by atoms with Crippen molar-refractivity contribution in [3.63, 3.8) is 0 Å². The Morgan fingerprint density at radius 2 is 2.14 bits per heavy atom. The van der Waals surface area contributed by atoms with Crippen LogP contribution in [0.1, 0.15) is 25.3 Å². The van der Waals surface area contributed by atoms with E-state index in [1.54, 1.807) is 0 Å². The monoisotopic (exact) mass is 287 g/mol. The number of anilines is 1. The summed E-state index contributed by atoms with van der Waals surface area (Å²) in [4.78, 5) is 16.8. The topological polar surface area (TPSA) is 49.6 Å². The maximum Gasteiger partial charge on any atom is 0.228 e. The maximum absolute atomic E-state index is 12.5. The molecule has 21 heavy (non-hydrogen) atoms. The Bertz CT molecular complexity index is 531. The molecule has 1 fully saturated rings. The third-order valence-corrected chi connectivity index (χ3v) is 4.96. The van der Waals surface area contributed by atoms with Crippen LogP contribution in [0.4, 0.5) is 5.69 Å². The molecular formula is C17H25N3O. The number of fused-ring (bicyclic) bond motifs is 1. The molecule has 1 saturated heterocycles. The highest BCUT2D eigenvalue weighted by atomic mass is 16.2. The number of amides is 1. The van der Waals surface area contributed by atoms with Crippen molar-refractivity contribution in [1.29, 1.82) is 0 Å². The number of likely N-dealkylation sites (tertiary alicyclic amines) is 1. The number of nitrogens with zero attached hydrogens (tertiary/aromatic N) is 2. The standard InChI is InChI=1S/C17H25N3O/c1-17(12-18)8-11-19(13-17)9-7-16(21)20-10-6-14-4-2-3-5-15(14)20/h2-5H,6-13,18H2,1H3. The van der Waals surface area contributed by atoms with Crippen LogP contribution in [0.2, 0.25) is 0 Å². The fraction of sp³-hybridized carbons (Fsp3) is 0.588. The summed E-state index contributed by atoms with van der Waals surface area (Å²) >= 11 is 0. The number of rotatable bonds is 4. The van der Waals surface area contributed by atoms with Crippen molar-refractivity contribution < 1.29 is 4.79 Å². The maximum atomic E-state index is 12.5. The van der Waals surface area contributed by atoms with Gasteiger partial charge in [0.25, 0.3) is 0 Å². The highest BCUT2D eigenvalue weighted by Gasteiger charge is 2.33. The first-order chi connectivity index (χ1) is 10.1. The van der Waals surface area contributed by atoms with E-state index in [0.29, 0.717) is 6.42 Å². The second-order valence-corrected chi connectivity index (χ2v) is 6.72. The molecule has 1 aromatic rings. The molecule has 1 atom stereocenters. The zero-order chi connectivity index (χ0) is 14.9. The Balaban J connectivity index is 1.54. The average molecular weight is 287 g/mol. The molecule has 0 bridgehead atoms. The molecule has 0 aliphatic carbocycles. The summed E-state index contributed by atoms with van der Waals surface area (Å²) in [7, 11) is 0. The largest absolute Gasteiger partial charge is 0.330 e. The van der Waals surface area contributed by atoms with Crippen LogP contribution in [0.15, 0.2) is 24.3 Å². The SMILES string of the molecule is CC1(CN)CCN(CCC(=O)N2CCc3ccccc32)C1. The zero-order valence-electron chi connectivity index (χ0n) is 12.8. The number of hydrogen-bond acceptors (Lipinski definition) is 3. The van der Waals surface area contributed by atoms with Gasteiger partial charge >= 0.3 is 0 Å². The summed E-state index contributed by atoms with van der Waals surface area (Å²) in [6.45, 7) is 6.75. The summed E-state index contributed by atoms with van der Waals surface area (Å²) < 4.78 is 0. The van der Waals surface area contributed by atoms with E-state index in [1.165, 1.54) is 5.56 Å². The van der Waals surface area contributed by atoms with Gasteiger partial charge in [-0.1, -0.05) is 25.1 Å². The van der Waals surface area contributed by atoms with Gasteiger partial charge in [-0.3, -0.25) is 4.79 Å². The highest BCUT2D eigenvalue weighted by molar-refractivity contribution is 5.95. The lowest BCUT2D eigenvalue weighted by Gasteiger charge is -2.23. The number of nitrogens with two attached hydrogens (primary N) is 1. The van der Waals surface area contributed by atoms with Gasteiger partial charge in [-0.25, -0.2) is 0 Å². The summed E-state index contributed by atoms with van der Waals surface area (Å²) in [6.07, 6.45) is 2.73. The van der Waals surface area contributed by atoms with Crippen LogP contribution in [0.25, 0.3) is 0 Å². The summed E-state index contributed by atoms with van der Waals surface area (Å²) in [5.41, 5.74) is 8.48. The predicted octanol–water partition coefficient (Wildman–Crippen LogP) is 1.64. The van der Waals surface area contributed by atoms with Crippen molar-refractivity contribution in [1.82, 2.24) is 4.90 Å². The first-order valence-corrected chi connectivity index (χ1v) is 7.92. The van der Waals surface area contributed by atoms with Crippen LogP contribution in [-0.2, 0) is 11.2 Å². The van der Waals surface area contributed by atoms with Crippen molar-refractivity contribution >= 4 is 11.6 Å². The second kappa shape index (κ2) is 5.78. The highest BCUT2D eigenvalue weighted by Crippen LogP contribution is 2.30. The van der Waals surface area contributed by atoms with Crippen molar-refractivity contribution in [2.24, 2.45) is 11.1 Å². The van der Waals surface area contributed by atoms with E-state index in [-0.39, 0.29) is 11.3 Å². The normalized spacial score (nSPS) is 25.3. The molecule has 2 heterocycles. The van der Waals surface area contributed by atoms with Gasteiger partial charge in [-0.15, -0.1) is 0 Å². The Kier molecular flexibility index (Phi) is 4.00. The minimum absolute atomic E-state index is 0.239. The number of carbonyl (C=O) groups is 1. The zero-order valence-corrected chi connectivity index (χ0v) is 12.8. The molecule has 1 aromatic carbocycles. The third-order valence-electron chi connectivity index (χ3n) is 4.96. The molecule has 0 radical (unpaired) electrons.